The van der Waals surface area contributed by atoms with Gasteiger partial charge >= 0.3 is 0 Å². The minimum atomic E-state index is -0.258. The van der Waals surface area contributed by atoms with Gasteiger partial charge in [-0.25, -0.2) is 18.2 Å². The molecule has 0 radical (unpaired) electrons. The summed E-state index contributed by atoms with van der Waals surface area (Å²) >= 11 is 0. The zero-order valence-corrected chi connectivity index (χ0v) is 19.7. The molecule has 176 valence electrons. The number of hydrogen-bond donors (Lipinski definition) is 1. The topological polar surface area (TPSA) is 28.7 Å². The number of benzene rings is 3. The Bertz CT molecular complexity index is 1120. The molecule has 2 nitrogen and oxygen atoms in total. The van der Waals surface area contributed by atoms with E-state index in [0.29, 0.717) is 17.5 Å². The van der Waals surface area contributed by atoms with E-state index < -0.39 is 0 Å². The molecule has 0 fully saturated rings. The second-order valence-electron chi connectivity index (χ2n) is 8.27. The van der Waals surface area contributed by atoms with Crippen molar-refractivity contribution >= 4 is 7.85 Å². The maximum absolute atomic E-state index is 14.0. The quantitative estimate of drug-likeness (QED) is 0.293. The standard InChI is InChI=1S/C16H17BF2.C12H13FN2/c17-11-5-8-12(13-6-1-3-9-15(13)18)14-7-2-4-10-16(14)19;1-2-9-5-10(7-11(13)6-9)8-12-14-3-4-15-12/h1-4,6-7,9-10,12H,5,8,11,17H2;3-7H,2,8H2,1H3,(H,14,15). The fraction of sp³-hybridized carbons (Fsp3) is 0.250. The molecule has 0 atom stereocenters. The lowest BCUT2D eigenvalue weighted by molar-refractivity contribution is 0.555. The lowest BCUT2D eigenvalue weighted by atomic mass is 9.84. The van der Waals surface area contributed by atoms with Gasteiger partial charge in [0, 0.05) is 24.7 Å². The molecule has 0 bridgehead atoms. The first kappa shape index (κ1) is 25.3. The van der Waals surface area contributed by atoms with Gasteiger partial charge in [0.2, 0.25) is 0 Å². The molecule has 0 amide bonds. The van der Waals surface area contributed by atoms with Gasteiger partial charge < -0.3 is 4.98 Å². The van der Waals surface area contributed by atoms with E-state index in [2.05, 4.69) is 17.8 Å². The van der Waals surface area contributed by atoms with Crippen LogP contribution >= 0.6 is 0 Å². The predicted octanol–water partition coefficient (Wildman–Crippen LogP) is 6.63. The molecule has 1 N–H and O–H groups in total. The van der Waals surface area contributed by atoms with Gasteiger partial charge in [0.25, 0.3) is 0 Å². The normalized spacial score (nSPS) is 10.7. The van der Waals surface area contributed by atoms with E-state index in [4.69, 9.17) is 0 Å². The fourth-order valence-corrected chi connectivity index (χ4v) is 4.01. The molecule has 0 spiro atoms. The molecule has 1 aromatic heterocycles. The molecule has 0 saturated carbocycles. The lowest BCUT2D eigenvalue weighted by Crippen LogP contribution is -2.06. The third-order valence-corrected chi connectivity index (χ3v) is 5.76. The van der Waals surface area contributed by atoms with Crippen LogP contribution in [0, 0.1) is 17.5 Å². The Hall–Kier alpha value is -3.28. The molecule has 4 aromatic rings. The van der Waals surface area contributed by atoms with Crippen LogP contribution in [-0.4, -0.2) is 17.8 Å². The number of nitrogens with zero attached hydrogens (tertiary/aromatic N) is 1. The summed E-state index contributed by atoms with van der Waals surface area (Å²) in [5, 5.41) is 0. The van der Waals surface area contributed by atoms with Gasteiger partial charge in [0.05, 0.1) is 0 Å². The van der Waals surface area contributed by atoms with Crippen molar-refractivity contribution in [1.29, 1.82) is 0 Å². The zero-order valence-electron chi connectivity index (χ0n) is 19.7. The largest absolute Gasteiger partial charge is 0.348 e. The van der Waals surface area contributed by atoms with Crippen LogP contribution in [0.5, 0.6) is 0 Å². The highest BCUT2D eigenvalue weighted by Gasteiger charge is 2.19. The van der Waals surface area contributed by atoms with E-state index in [-0.39, 0.29) is 23.4 Å². The van der Waals surface area contributed by atoms with Gasteiger partial charge in [0.15, 0.2) is 0 Å². The molecule has 0 aliphatic heterocycles. The van der Waals surface area contributed by atoms with Crippen molar-refractivity contribution in [1.82, 2.24) is 9.97 Å². The van der Waals surface area contributed by atoms with Gasteiger partial charge in [-0.1, -0.05) is 62.1 Å². The number of aromatic amines is 1. The van der Waals surface area contributed by atoms with Crippen LogP contribution in [0.1, 0.15) is 53.8 Å². The van der Waals surface area contributed by atoms with Crippen LogP contribution in [0.2, 0.25) is 6.32 Å². The van der Waals surface area contributed by atoms with Crippen LogP contribution in [0.25, 0.3) is 0 Å². The number of rotatable bonds is 8. The zero-order chi connectivity index (χ0) is 24.3. The minimum absolute atomic E-state index is 0.170. The van der Waals surface area contributed by atoms with Gasteiger partial charge in [-0.15, -0.1) is 0 Å². The molecule has 4 rings (SSSR count). The number of aromatic nitrogens is 2. The monoisotopic (exact) mass is 462 g/mol. The van der Waals surface area contributed by atoms with Crippen LogP contribution in [0.15, 0.2) is 79.1 Å². The number of hydrogen-bond acceptors (Lipinski definition) is 1. The fourth-order valence-electron chi connectivity index (χ4n) is 4.01. The van der Waals surface area contributed by atoms with Gasteiger partial charge in [-0.05, 0) is 59.4 Å². The van der Waals surface area contributed by atoms with E-state index in [1.807, 2.05) is 13.0 Å². The Morgan fingerprint density at radius 3 is 2.03 bits per heavy atom. The minimum Gasteiger partial charge on any atom is -0.348 e. The second kappa shape index (κ2) is 12.8. The Morgan fingerprint density at radius 2 is 1.50 bits per heavy atom. The third kappa shape index (κ3) is 7.11. The summed E-state index contributed by atoms with van der Waals surface area (Å²) in [5.74, 6) is -0.0281. The molecule has 34 heavy (non-hydrogen) atoms. The third-order valence-electron chi connectivity index (χ3n) is 5.76. The Kier molecular flexibility index (Phi) is 9.56. The average Bonchev–Trinajstić information content (AvgIpc) is 3.34. The maximum atomic E-state index is 14.0. The molecule has 0 aliphatic rings. The number of H-pyrrole nitrogens is 1. The smallest absolute Gasteiger partial charge is 0.127 e. The van der Waals surface area contributed by atoms with E-state index in [1.54, 1.807) is 60.9 Å². The number of imidazole rings is 1. The van der Waals surface area contributed by atoms with E-state index in [0.717, 1.165) is 42.5 Å². The maximum Gasteiger partial charge on any atom is 0.127 e. The van der Waals surface area contributed by atoms with Gasteiger partial charge in [-0.3, -0.25) is 0 Å². The molecule has 1 heterocycles. The SMILES string of the molecule is BCCCC(c1ccccc1F)c1ccccc1F.CCc1cc(F)cc(Cc2ncc[nH]2)c1. The molecule has 0 aliphatic carbocycles. The molecule has 6 heteroatoms. The van der Waals surface area contributed by atoms with Crippen LogP contribution in [0.4, 0.5) is 13.2 Å². The lowest BCUT2D eigenvalue weighted by Gasteiger charge is -2.19. The summed E-state index contributed by atoms with van der Waals surface area (Å²) in [5.41, 5.74) is 3.15. The molecule has 0 unspecified atom stereocenters. The van der Waals surface area contributed by atoms with Crippen molar-refractivity contribution in [2.45, 2.75) is 44.8 Å². The number of nitrogens with one attached hydrogen (secondary N) is 1. The number of aryl methyl sites for hydroxylation is 1. The van der Waals surface area contributed by atoms with E-state index >= 15 is 0 Å². The Labute approximate surface area is 200 Å². The van der Waals surface area contributed by atoms with Crippen molar-refractivity contribution in [3.63, 3.8) is 0 Å². The average molecular weight is 462 g/mol. The van der Waals surface area contributed by atoms with Crippen molar-refractivity contribution in [2.75, 3.05) is 0 Å². The number of halogens is 3. The second-order valence-corrected chi connectivity index (χ2v) is 8.27. The molecular weight excluding hydrogens is 432 g/mol. The van der Waals surface area contributed by atoms with Crippen LogP contribution in [0.3, 0.4) is 0 Å². The van der Waals surface area contributed by atoms with Crippen molar-refractivity contribution in [3.8, 4) is 0 Å². The Balaban J connectivity index is 0.000000196. The van der Waals surface area contributed by atoms with Crippen molar-refractivity contribution in [3.05, 3.63) is 125 Å². The van der Waals surface area contributed by atoms with Crippen LogP contribution in [-0.2, 0) is 12.8 Å². The first-order valence-electron chi connectivity index (χ1n) is 11.8. The molecule has 3 aromatic carbocycles. The molecular formula is C28H30BF3N2. The molecule has 0 saturated heterocycles. The first-order chi connectivity index (χ1) is 16.5. The first-order valence-corrected chi connectivity index (χ1v) is 11.8. The van der Waals surface area contributed by atoms with Crippen molar-refractivity contribution < 1.29 is 13.2 Å². The highest BCUT2D eigenvalue weighted by Crippen LogP contribution is 2.32. The summed E-state index contributed by atoms with van der Waals surface area (Å²) in [6.07, 6.45) is 7.70. The van der Waals surface area contributed by atoms with Gasteiger partial charge in [0.1, 0.15) is 31.1 Å². The van der Waals surface area contributed by atoms with E-state index in [1.165, 1.54) is 12.1 Å². The predicted molar refractivity (Wildman–Crippen MR) is 134 cm³/mol. The summed E-state index contributed by atoms with van der Waals surface area (Å²) in [4.78, 5) is 7.13. The Morgan fingerprint density at radius 1 is 0.882 bits per heavy atom. The highest BCUT2D eigenvalue weighted by atomic mass is 19.1. The van der Waals surface area contributed by atoms with E-state index in [9.17, 15) is 13.2 Å². The summed E-state index contributed by atoms with van der Waals surface area (Å²) in [6, 6.07) is 18.5. The van der Waals surface area contributed by atoms with Gasteiger partial charge in [-0.2, -0.15) is 0 Å². The van der Waals surface area contributed by atoms with Crippen molar-refractivity contribution in [2.24, 2.45) is 0 Å². The van der Waals surface area contributed by atoms with Crippen LogP contribution < -0.4 is 0 Å². The summed E-state index contributed by atoms with van der Waals surface area (Å²) < 4.78 is 41.1. The summed E-state index contributed by atoms with van der Waals surface area (Å²) in [6.45, 7) is 2.02. The summed E-state index contributed by atoms with van der Waals surface area (Å²) in [7, 11) is 2.08. The highest BCUT2D eigenvalue weighted by molar-refractivity contribution is 6.08.